The van der Waals surface area contributed by atoms with Crippen LogP contribution in [0.4, 0.5) is 11.4 Å². The number of benzene rings is 2. The molecule has 1 amide bonds. The molecule has 32 heavy (non-hydrogen) atoms. The summed E-state index contributed by atoms with van der Waals surface area (Å²) in [7, 11) is 0. The summed E-state index contributed by atoms with van der Waals surface area (Å²) in [6.07, 6.45) is 2.61. The van der Waals surface area contributed by atoms with Crippen LogP contribution in [0.25, 0.3) is 22.4 Å². The van der Waals surface area contributed by atoms with Gasteiger partial charge in [0, 0.05) is 35.8 Å². The van der Waals surface area contributed by atoms with Crippen molar-refractivity contribution in [1.29, 1.82) is 0 Å². The summed E-state index contributed by atoms with van der Waals surface area (Å²) < 4.78 is 5.57. The summed E-state index contributed by atoms with van der Waals surface area (Å²) >= 11 is 0. The first-order valence-electron chi connectivity index (χ1n) is 10.5. The number of rotatable bonds is 4. The molecule has 8 heteroatoms. The maximum atomic E-state index is 13.8. The van der Waals surface area contributed by atoms with Gasteiger partial charge in [0.15, 0.2) is 0 Å². The number of carbonyl (C=O) groups excluding carboxylic acids is 1. The Morgan fingerprint density at radius 1 is 1.12 bits per heavy atom. The molecule has 1 fully saturated rings. The number of carbonyl (C=O) groups is 1. The number of non-ortho nitro benzene ring substituents is 1. The Kier molecular flexibility index (Phi) is 4.07. The van der Waals surface area contributed by atoms with Crippen LogP contribution in [0.5, 0.6) is 0 Å². The van der Waals surface area contributed by atoms with Crippen LogP contribution < -0.4 is 4.90 Å². The smallest absolute Gasteiger partial charge is 0.269 e. The van der Waals surface area contributed by atoms with E-state index >= 15 is 0 Å². The minimum absolute atomic E-state index is 0.0331. The number of aromatic nitrogens is 2. The highest BCUT2D eigenvalue weighted by molar-refractivity contribution is 6.15. The molecule has 2 aromatic carbocycles. The lowest BCUT2D eigenvalue weighted by Crippen LogP contribution is -2.29. The fourth-order valence-corrected chi connectivity index (χ4v) is 4.39. The van der Waals surface area contributed by atoms with Crippen molar-refractivity contribution >= 4 is 28.4 Å². The monoisotopic (exact) mass is 426 g/mol. The molecule has 1 saturated carbocycles. The van der Waals surface area contributed by atoms with Crippen molar-refractivity contribution in [3.8, 4) is 11.3 Å². The number of amides is 1. The first-order chi connectivity index (χ1) is 15.6. The first-order valence-corrected chi connectivity index (χ1v) is 10.5. The summed E-state index contributed by atoms with van der Waals surface area (Å²) in [6.45, 7) is 0.462. The van der Waals surface area contributed by atoms with Crippen molar-refractivity contribution in [1.82, 2.24) is 10.1 Å². The van der Waals surface area contributed by atoms with E-state index in [2.05, 4.69) is 10.1 Å². The Bertz CT molecular complexity index is 1390. The van der Waals surface area contributed by atoms with Gasteiger partial charge in [0.25, 0.3) is 17.3 Å². The third kappa shape index (κ3) is 2.95. The molecule has 1 aliphatic heterocycles. The van der Waals surface area contributed by atoms with Gasteiger partial charge >= 0.3 is 0 Å². The second-order valence-electron chi connectivity index (χ2n) is 8.22. The van der Waals surface area contributed by atoms with E-state index in [4.69, 9.17) is 4.52 Å². The largest absolute Gasteiger partial charge is 0.335 e. The van der Waals surface area contributed by atoms with Gasteiger partial charge in [-0.05, 0) is 37.0 Å². The van der Waals surface area contributed by atoms with Crippen molar-refractivity contribution in [3.05, 3.63) is 81.5 Å². The van der Waals surface area contributed by atoms with Crippen molar-refractivity contribution in [2.75, 3.05) is 11.4 Å². The molecule has 0 spiro atoms. The molecule has 0 bridgehead atoms. The van der Waals surface area contributed by atoms with Gasteiger partial charge in [-0.2, -0.15) is 0 Å². The second-order valence-corrected chi connectivity index (χ2v) is 8.22. The second kappa shape index (κ2) is 6.98. The molecule has 3 heterocycles. The minimum Gasteiger partial charge on any atom is -0.335 e. The third-order valence-electron chi connectivity index (χ3n) is 6.15. The van der Waals surface area contributed by atoms with Gasteiger partial charge in [0.05, 0.1) is 27.3 Å². The molecule has 0 atom stereocenters. The highest BCUT2D eigenvalue weighted by Gasteiger charge is 2.34. The van der Waals surface area contributed by atoms with Crippen LogP contribution in [0.15, 0.2) is 59.1 Å². The summed E-state index contributed by atoms with van der Waals surface area (Å²) in [5, 5.41) is 16.1. The Morgan fingerprint density at radius 3 is 2.69 bits per heavy atom. The normalized spacial score (nSPS) is 15.2. The maximum Gasteiger partial charge on any atom is 0.269 e. The summed E-state index contributed by atoms with van der Waals surface area (Å²) in [4.78, 5) is 30.9. The number of hydrogen-bond acceptors (Lipinski definition) is 6. The minimum atomic E-state index is -0.414. The molecule has 6 rings (SSSR count). The molecule has 0 radical (unpaired) electrons. The van der Waals surface area contributed by atoms with Gasteiger partial charge < -0.3 is 9.42 Å². The van der Waals surface area contributed by atoms with Crippen LogP contribution in [-0.4, -0.2) is 27.5 Å². The van der Waals surface area contributed by atoms with E-state index in [0.29, 0.717) is 46.9 Å². The zero-order valence-electron chi connectivity index (χ0n) is 17.0. The molecular formula is C24H18N4O4. The lowest BCUT2D eigenvalue weighted by Gasteiger charge is -2.18. The number of pyridine rings is 1. The van der Waals surface area contributed by atoms with Crippen LogP contribution in [-0.2, 0) is 6.42 Å². The predicted molar refractivity (Wildman–Crippen MR) is 118 cm³/mol. The Labute approximate surface area is 182 Å². The van der Waals surface area contributed by atoms with Gasteiger partial charge in [-0.25, -0.2) is 4.98 Å². The van der Waals surface area contributed by atoms with Crippen LogP contribution >= 0.6 is 0 Å². The van der Waals surface area contributed by atoms with E-state index in [1.165, 1.54) is 6.07 Å². The Morgan fingerprint density at radius 2 is 1.94 bits per heavy atom. The maximum absolute atomic E-state index is 13.8. The number of nitro benzene ring substituents is 1. The van der Waals surface area contributed by atoms with Crippen LogP contribution in [0.2, 0.25) is 0 Å². The van der Waals surface area contributed by atoms with Crippen molar-refractivity contribution in [3.63, 3.8) is 0 Å². The van der Waals surface area contributed by atoms with Gasteiger partial charge in [-0.1, -0.05) is 35.5 Å². The zero-order chi connectivity index (χ0) is 21.8. The quantitative estimate of drug-likeness (QED) is 0.340. The summed E-state index contributed by atoms with van der Waals surface area (Å²) in [5.74, 6) is 0.118. The number of nitrogens with zero attached hydrogens (tertiary/aromatic N) is 4. The molecule has 0 N–H and O–H groups in total. The molecule has 0 saturated heterocycles. The van der Waals surface area contributed by atoms with E-state index < -0.39 is 4.92 Å². The number of nitro groups is 1. The molecule has 0 unspecified atom stereocenters. The predicted octanol–water partition coefficient (Wildman–Crippen LogP) is 4.88. The van der Waals surface area contributed by atoms with E-state index in [-0.39, 0.29) is 11.6 Å². The van der Waals surface area contributed by atoms with Crippen molar-refractivity contribution in [2.45, 2.75) is 25.2 Å². The Balaban J connectivity index is 1.49. The summed E-state index contributed by atoms with van der Waals surface area (Å²) in [5.41, 5.74) is 4.71. The highest BCUT2D eigenvalue weighted by Crippen LogP contribution is 2.44. The first kappa shape index (κ1) is 18.7. The SMILES string of the molecule is O=C(c1cc(-c2ccccc2)nc2onc(C3CC3)c12)N1CCc2cc([N+](=O)[O-])ccc21. The van der Waals surface area contributed by atoms with E-state index in [9.17, 15) is 14.9 Å². The average Bonchev–Trinajstić information content (AvgIpc) is 3.43. The van der Waals surface area contributed by atoms with Crippen LogP contribution in [0, 0.1) is 10.1 Å². The van der Waals surface area contributed by atoms with Crippen molar-refractivity contribution in [2.24, 2.45) is 0 Å². The molecule has 8 nitrogen and oxygen atoms in total. The molecule has 4 aromatic rings. The van der Waals surface area contributed by atoms with Crippen LogP contribution in [0.3, 0.4) is 0 Å². The molecule has 1 aliphatic carbocycles. The zero-order valence-corrected chi connectivity index (χ0v) is 17.0. The number of hydrogen-bond donors (Lipinski definition) is 0. The van der Waals surface area contributed by atoms with Crippen molar-refractivity contribution < 1.29 is 14.2 Å². The van der Waals surface area contributed by atoms with E-state index in [1.807, 2.05) is 36.4 Å². The topological polar surface area (TPSA) is 102 Å². The van der Waals surface area contributed by atoms with E-state index in [0.717, 1.165) is 29.7 Å². The third-order valence-corrected chi connectivity index (χ3v) is 6.15. The molecular weight excluding hydrogens is 408 g/mol. The highest BCUT2D eigenvalue weighted by atomic mass is 16.6. The van der Waals surface area contributed by atoms with Gasteiger partial charge in [-0.3, -0.25) is 14.9 Å². The Hall–Kier alpha value is -4.07. The lowest BCUT2D eigenvalue weighted by atomic mass is 10.0. The van der Waals surface area contributed by atoms with Gasteiger partial charge in [0.1, 0.15) is 0 Å². The summed E-state index contributed by atoms with van der Waals surface area (Å²) in [6, 6.07) is 16.1. The molecule has 2 aliphatic rings. The lowest BCUT2D eigenvalue weighted by molar-refractivity contribution is -0.384. The van der Waals surface area contributed by atoms with Crippen LogP contribution in [0.1, 0.15) is 40.4 Å². The van der Waals surface area contributed by atoms with E-state index in [1.54, 1.807) is 17.0 Å². The average molecular weight is 426 g/mol. The number of anilines is 1. The molecule has 2 aromatic heterocycles. The standard InChI is InChI=1S/C24H18N4O4/c29-24(27-11-10-16-12-17(28(30)31)8-9-20(16)27)18-13-19(14-4-2-1-3-5-14)25-23-21(18)22(26-32-23)15-6-7-15/h1-5,8-9,12-13,15H,6-7,10-11H2. The fraction of sp³-hybridized carbons (Fsp3) is 0.208. The van der Waals surface area contributed by atoms with Gasteiger partial charge in [0.2, 0.25) is 0 Å². The van der Waals surface area contributed by atoms with Gasteiger partial charge in [-0.15, -0.1) is 0 Å². The molecule has 158 valence electrons. The number of fused-ring (bicyclic) bond motifs is 2. The fourth-order valence-electron chi connectivity index (χ4n) is 4.39.